The van der Waals surface area contributed by atoms with Gasteiger partial charge in [0, 0.05) is 0 Å². The lowest BCUT2D eigenvalue weighted by molar-refractivity contribution is 0.0526. The van der Waals surface area contributed by atoms with Gasteiger partial charge < -0.3 is 4.74 Å². The van der Waals surface area contributed by atoms with Crippen LogP contribution in [0.4, 0.5) is 0 Å². The summed E-state index contributed by atoms with van der Waals surface area (Å²) in [6.45, 7) is 2.20. The van der Waals surface area contributed by atoms with Crippen molar-refractivity contribution in [2.45, 2.75) is 6.92 Å². The molecule has 0 aliphatic rings. The van der Waals surface area contributed by atoms with Crippen molar-refractivity contribution >= 4 is 16.7 Å². The minimum Gasteiger partial charge on any atom is -0.462 e. The highest BCUT2D eigenvalue weighted by Gasteiger charge is 2.09. The quantitative estimate of drug-likeness (QED) is 0.649. The standard InChI is InChI=1S/C19H16O2/c1-2-21-19(20)16-11-12-18-15(13-16)9-6-10-17(18)14-7-4-3-5-8-14/h3-13H,2H2,1H3. The van der Waals surface area contributed by atoms with Crippen LogP contribution in [-0.2, 0) is 4.74 Å². The van der Waals surface area contributed by atoms with E-state index in [1.165, 1.54) is 11.1 Å². The molecule has 2 heteroatoms. The summed E-state index contributed by atoms with van der Waals surface area (Å²) in [6, 6.07) is 22.1. The first-order valence-corrected chi connectivity index (χ1v) is 7.05. The van der Waals surface area contributed by atoms with E-state index in [1.54, 1.807) is 0 Å². The number of hydrogen-bond donors (Lipinski definition) is 0. The number of benzene rings is 3. The molecule has 104 valence electrons. The molecule has 0 aromatic heterocycles. The first-order chi connectivity index (χ1) is 10.3. The van der Waals surface area contributed by atoms with Crippen molar-refractivity contribution in [2.24, 2.45) is 0 Å². The van der Waals surface area contributed by atoms with E-state index in [9.17, 15) is 4.79 Å². The first-order valence-electron chi connectivity index (χ1n) is 7.05. The van der Waals surface area contributed by atoms with Crippen LogP contribution in [0.5, 0.6) is 0 Å². The van der Waals surface area contributed by atoms with Crippen molar-refractivity contribution in [3.05, 3.63) is 72.3 Å². The highest BCUT2D eigenvalue weighted by atomic mass is 16.5. The van der Waals surface area contributed by atoms with Gasteiger partial charge in [0.05, 0.1) is 12.2 Å². The zero-order chi connectivity index (χ0) is 14.7. The fourth-order valence-electron chi connectivity index (χ4n) is 2.49. The van der Waals surface area contributed by atoms with Crippen LogP contribution >= 0.6 is 0 Å². The highest BCUT2D eigenvalue weighted by molar-refractivity contribution is 6.01. The second-order valence-electron chi connectivity index (χ2n) is 4.83. The Bertz CT molecular complexity index is 776. The van der Waals surface area contributed by atoms with E-state index in [-0.39, 0.29) is 5.97 Å². The zero-order valence-corrected chi connectivity index (χ0v) is 11.9. The summed E-state index contributed by atoms with van der Waals surface area (Å²) in [7, 11) is 0. The van der Waals surface area contributed by atoms with Crippen LogP contribution < -0.4 is 0 Å². The van der Waals surface area contributed by atoms with Crippen LogP contribution in [0.3, 0.4) is 0 Å². The van der Waals surface area contributed by atoms with Gasteiger partial charge in [-0.25, -0.2) is 4.79 Å². The van der Waals surface area contributed by atoms with Crippen molar-refractivity contribution in [3.8, 4) is 11.1 Å². The number of carbonyl (C=O) groups is 1. The number of fused-ring (bicyclic) bond motifs is 1. The Hall–Kier alpha value is -2.61. The van der Waals surface area contributed by atoms with Crippen molar-refractivity contribution in [2.75, 3.05) is 6.61 Å². The molecule has 3 rings (SSSR count). The Morgan fingerprint density at radius 2 is 1.76 bits per heavy atom. The van der Waals surface area contributed by atoms with E-state index in [1.807, 2.05) is 55.5 Å². The van der Waals surface area contributed by atoms with Crippen LogP contribution in [0.25, 0.3) is 21.9 Å². The van der Waals surface area contributed by atoms with Crippen molar-refractivity contribution < 1.29 is 9.53 Å². The molecule has 3 aromatic rings. The predicted octanol–water partition coefficient (Wildman–Crippen LogP) is 4.68. The van der Waals surface area contributed by atoms with Crippen LogP contribution in [0, 0.1) is 0 Å². The number of ether oxygens (including phenoxy) is 1. The summed E-state index contributed by atoms with van der Waals surface area (Å²) in [6.07, 6.45) is 0. The van der Waals surface area contributed by atoms with E-state index >= 15 is 0 Å². The van der Waals surface area contributed by atoms with E-state index in [0.717, 1.165) is 10.8 Å². The van der Waals surface area contributed by atoms with Gasteiger partial charge in [0.25, 0.3) is 0 Å². The first kappa shape index (κ1) is 13.4. The van der Waals surface area contributed by atoms with E-state index in [4.69, 9.17) is 4.74 Å². The summed E-state index contributed by atoms with van der Waals surface area (Å²) in [4.78, 5) is 11.8. The Morgan fingerprint density at radius 3 is 2.52 bits per heavy atom. The molecule has 0 aliphatic heterocycles. The average molecular weight is 276 g/mol. The van der Waals surface area contributed by atoms with Crippen molar-refractivity contribution in [1.29, 1.82) is 0 Å². The Labute approximate surface area is 124 Å². The third kappa shape index (κ3) is 2.65. The molecule has 0 amide bonds. The topological polar surface area (TPSA) is 26.3 Å². The second kappa shape index (κ2) is 5.80. The van der Waals surface area contributed by atoms with Gasteiger partial charge in [-0.1, -0.05) is 54.6 Å². The van der Waals surface area contributed by atoms with Crippen molar-refractivity contribution in [3.63, 3.8) is 0 Å². The Morgan fingerprint density at radius 1 is 0.952 bits per heavy atom. The highest BCUT2D eigenvalue weighted by Crippen LogP contribution is 2.29. The van der Waals surface area contributed by atoms with Gasteiger partial charge in [-0.05, 0) is 41.0 Å². The monoisotopic (exact) mass is 276 g/mol. The molecule has 0 saturated heterocycles. The molecular weight excluding hydrogens is 260 g/mol. The summed E-state index contributed by atoms with van der Waals surface area (Å²) in [5.74, 6) is -0.274. The molecule has 0 fully saturated rings. The third-order valence-corrected chi connectivity index (χ3v) is 3.48. The molecule has 0 heterocycles. The van der Waals surface area contributed by atoms with E-state index in [2.05, 4.69) is 18.2 Å². The van der Waals surface area contributed by atoms with Gasteiger partial charge in [0.1, 0.15) is 0 Å². The summed E-state index contributed by atoms with van der Waals surface area (Å²) in [5, 5.41) is 2.18. The normalized spacial score (nSPS) is 10.5. The molecule has 0 radical (unpaired) electrons. The number of carbonyl (C=O) groups excluding carboxylic acids is 1. The van der Waals surface area contributed by atoms with Crippen molar-refractivity contribution in [1.82, 2.24) is 0 Å². The smallest absolute Gasteiger partial charge is 0.338 e. The minimum absolute atomic E-state index is 0.274. The maximum Gasteiger partial charge on any atom is 0.338 e. The van der Waals surface area contributed by atoms with Gasteiger partial charge in [-0.15, -0.1) is 0 Å². The molecule has 2 nitrogen and oxygen atoms in total. The van der Waals surface area contributed by atoms with Gasteiger partial charge >= 0.3 is 5.97 Å². The van der Waals surface area contributed by atoms with Gasteiger partial charge in [-0.2, -0.15) is 0 Å². The Balaban J connectivity index is 2.11. The summed E-state index contributed by atoms with van der Waals surface area (Å²) in [5.41, 5.74) is 2.94. The second-order valence-corrected chi connectivity index (χ2v) is 4.83. The number of rotatable bonds is 3. The molecule has 21 heavy (non-hydrogen) atoms. The van der Waals surface area contributed by atoms with E-state index < -0.39 is 0 Å². The largest absolute Gasteiger partial charge is 0.462 e. The van der Waals surface area contributed by atoms with Crippen LogP contribution in [0.15, 0.2) is 66.7 Å². The minimum atomic E-state index is -0.274. The Kier molecular flexibility index (Phi) is 3.69. The van der Waals surface area contributed by atoms with Gasteiger partial charge in [0.15, 0.2) is 0 Å². The maximum atomic E-state index is 11.8. The molecule has 0 N–H and O–H groups in total. The lowest BCUT2D eigenvalue weighted by Gasteiger charge is -2.08. The van der Waals surface area contributed by atoms with Crippen LogP contribution in [-0.4, -0.2) is 12.6 Å². The van der Waals surface area contributed by atoms with E-state index in [0.29, 0.717) is 12.2 Å². The zero-order valence-electron chi connectivity index (χ0n) is 11.9. The maximum absolute atomic E-state index is 11.8. The lowest BCUT2D eigenvalue weighted by atomic mass is 9.97. The molecule has 0 saturated carbocycles. The molecule has 0 bridgehead atoms. The molecular formula is C19H16O2. The fourth-order valence-corrected chi connectivity index (χ4v) is 2.49. The molecule has 0 atom stereocenters. The summed E-state index contributed by atoms with van der Waals surface area (Å²) < 4.78 is 5.05. The SMILES string of the molecule is CCOC(=O)c1ccc2c(-c3ccccc3)cccc2c1. The number of esters is 1. The lowest BCUT2D eigenvalue weighted by Crippen LogP contribution is -2.04. The molecule has 0 spiro atoms. The third-order valence-electron chi connectivity index (χ3n) is 3.48. The van der Waals surface area contributed by atoms with Crippen LogP contribution in [0.2, 0.25) is 0 Å². The molecule has 3 aromatic carbocycles. The summed E-state index contributed by atoms with van der Waals surface area (Å²) >= 11 is 0. The average Bonchev–Trinajstić information content (AvgIpc) is 2.55. The predicted molar refractivity (Wildman–Crippen MR) is 85.3 cm³/mol. The van der Waals surface area contributed by atoms with Gasteiger partial charge in [0.2, 0.25) is 0 Å². The molecule has 0 unspecified atom stereocenters. The molecule has 0 aliphatic carbocycles. The fraction of sp³-hybridized carbons (Fsp3) is 0.105. The van der Waals surface area contributed by atoms with Crippen LogP contribution in [0.1, 0.15) is 17.3 Å². The van der Waals surface area contributed by atoms with Gasteiger partial charge in [-0.3, -0.25) is 0 Å². The number of hydrogen-bond acceptors (Lipinski definition) is 2.